The summed E-state index contributed by atoms with van der Waals surface area (Å²) >= 11 is 0. The van der Waals surface area contributed by atoms with Gasteiger partial charge in [-0.1, -0.05) is 6.58 Å². The Hall–Kier alpha value is -3.16. The number of halogens is 13. The van der Waals surface area contributed by atoms with E-state index in [1.807, 2.05) is 4.74 Å². The van der Waals surface area contributed by atoms with Gasteiger partial charge in [0, 0.05) is 17.8 Å². The Morgan fingerprint density at radius 2 is 1.31 bits per heavy atom. The molecule has 0 aliphatic rings. The van der Waals surface area contributed by atoms with Crippen LogP contribution in [-0.4, -0.2) is 47.1 Å². The van der Waals surface area contributed by atoms with Gasteiger partial charge in [-0.2, -0.15) is 52.7 Å². The van der Waals surface area contributed by atoms with E-state index in [4.69, 9.17) is 0 Å². The maximum absolute atomic E-state index is 14.4. The van der Waals surface area contributed by atoms with Crippen molar-refractivity contribution in [1.82, 2.24) is 0 Å². The predicted molar refractivity (Wildman–Crippen MR) is 83.8 cm³/mol. The zero-order valence-electron chi connectivity index (χ0n) is 15.9. The molecule has 1 aromatic rings. The lowest BCUT2D eigenvalue weighted by Crippen LogP contribution is -2.66. The number of ether oxygens (including phenoxy) is 2. The average Bonchev–Trinajstić information content (AvgIpc) is 2.65. The maximum Gasteiger partial charge on any atom is 0.458 e. The molecule has 0 aliphatic heterocycles. The molecule has 0 heterocycles. The highest BCUT2D eigenvalue weighted by Crippen LogP contribution is 2.53. The predicted octanol–water partition coefficient (Wildman–Crippen LogP) is 5.69. The molecule has 1 amide bonds. The molecule has 1 rings (SSSR count). The number of nitrogens with one attached hydrogen (secondary N) is 1. The lowest BCUT2D eigenvalue weighted by atomic mass is 10.2. The van der Waals surface area contributed by atoms with Gasteiger partial charge in [0.2, 0.25) is 0 Å². The number of carbonyl (C=O) groups is 1. The van der Waals surface area contributed by atoms with Crippen molar-refractivity contribution in [3.8, 4) is 0 Å². The summed E-state index contributed by atoms with van der Waals surface area (Å²) in [5.74, 6) is -20.7. The Bertz CT molecular complexity index is 979. The molecule has 198 valence electrons. The molecular weight excluding hydrogens is 535 g/mol. The second kappa shape index (κ2) is 9.13. The molecule has 2 atom stereocenters. The number of nitro groups is 1. The molecule has 20 heteroatoms. The number of amides is 1. The zero-order chi connectivity index (χ0) is 27.8. The molecule has 2 unspecified atom stereocenters. The van der Waals surface area contributed by atoms with Crippen LogP contribution in [0, 0.1) is 10.1 Å². The van der Waals surface area contributed by atoms with Gasteiger partial charge >= 0.3 is 36.3 Å². The van der Waals surface area contributed by atoms with Crippen LogP contribution in [0.15, 0.2) is 36.7 Å². The molecular formula is C15H7F13N2O5. The van der Waals surface area contributed by atoms with Gasteiger partial charge in [-0.3, -0.25) is 24.4 Å². The molecule has 0 bridgehead atoms. The van der Waals surface area contributed by atoms with Crippen molar-refractivity contribution in [1.29, 1.82) is 0 Å². The van der Waals surface area contributed by atoms with Gasteiger partial charge in [0.15, 0.2) is 5.83 Å². The maximum atomic E-state index is 14.4. The summed E-state index contributed by atoms with van der Waals surface area (Å²) in [4.78, 5) is 21.1. The van der Waals surface area contributed by atoms with E-state index in [9.17, 15) is 72.0 Å². The van der Waals surface area contributed by atoms with Crippen molar-refractivity contribution in [2.24, 2.45) is 0 Å². The minimum atomic E-state index is -7.46. The number of carbonyl (C=O) groups excluding carboxylic acids is 1. The van der Waals surface area contributed by atoms with Crippen LogP contribution in [0.1, 0.15) is 0 Å². The van der Waals surface area contributed by atoms with E-state index in [0.717, 1.165) is 5.32 Å². The van der Waals surface area contributed by atoms with E-state index in [1.165, 1.54) is 0 Å². The van der Waals surface area contributed by atoms with Gasteiger partial charge in [-0.15, -0.1) is 0 Å². The summed E-state index contributed by atoms with van der Waals surface area (Å²) in [6.07, 6.45) is -28.2. The Morgan fingerprint density at radius 3 is 1.66 bits per heavy atom. The van der Waals surface area contributed by atoms with Crippen LogP contribution in [0.4, 0.5) is 68.5 Å². The first-order valence-electron chi connectivity index (χ1n) is 7.99. The average molecular weight is 542 g/mol. The lowest BCUT2D eigenvalue weighted by molar-refractivity contribution is -0.521. The highest BCUT2D eigenvalue weighted by atomic mass is 19.4. The van der Waals surface area contributed by atoms with Crippen LogP contribution in [0.2, 0.25) is 0 Å². The van der Waals surface area contributed by atoms with Crippen molar-refractivity contribution in [2.75, 3.05) is 5.32 Å². The second-order valence-corrected chi connectivity index (χ2v) is 6.09. The Kier molecular flexibility index (Phi) is 7.79. The standard InChI is InChI=1S/C15H7F13N2O5/c1-6(16)11(18,19)35-12(20,14(24,25)26)15(27,28)34-10(17,13(21,22)23)9(31)29-7-2-4-8(5-3-7)30(32)33/h2-5H,1H2,(H,29,31). The summed E-state index contributed by atoms with van der Waals surface area (Å²) < 4.78 is 177. The number of alkyl halides is 12. The minimum absolute atomic E-state index is 0.399. The van der Waals surface area contributed by atoms with Crippen LogP contribution < -0.4 is 5.32 Å². The van der Waals surface area contributed by atoms with Crippen LogP contribution in [-0.2, 0) is 14.3 Å². The van der Waals surface area contributed by atoms with Crippen molar-refractivity contribution >= 4 is 17.3 Å². The minimum Gasteiger partial charge on any atom is -0.321 e. The first-order valence-corrected chi connectivity index (χ1v) is 7.99. The van der Waals surface area contributed by atoms with E-state index >= 15 is 0 Å². The monoisotopic (exact) mass is 542 g/mol. The molecule has 1 aromatic carbocycles. The van der Waals surface area contributed by atoms with E-state index in [-0.39, 0.29) is 0 Å². The van der Waals surface area contributed by atoms with E-state index < -0.39 is 64.3 Å². The fraction of sp³-hybridized carbons (Fsp3) is 0.400. The van der Waals surface area contributed by atoms with E-state index in [1.54, 1.807) is 6.58 Å². The normalized spacial score (nSPS) is 16.7. The second-order valence-electron chi connectivity index (χ2n) is 6.09. The molecule has 0 aromatic heterocycles. The molecule has 0 saturated carbocycles. The van der Waals surface area contributed by atoms with Crippen molar-refractivity contribution in [3.63, 3.8) is 0 Å². The Balaban J connectivity index is 3.49. The third-order valence-corrected chi connectivity index (χ3v) is 3.59. The fourth-order valence-electron chi connectivity index (χ4n) is 1.87. The quantitative estimate of drug-likeness (QED) is 0.246. The van der Waals surface area contributed by atoms with Gasteiger partial charge in [0.05, 0.1) is 4.92 Å². The first kappa shape index (κ1) is 29.9. The number of rotatable bonds is 9. The number of nitro benzene ring substituents is 1. The molecule has 0 radical (unpaired) electrons. The number of benzene rings is 1. The van der Waals surface area contributed by atoms with Gasteiger partial charge in [0.25, 0.3) is 11.6 Å². The lowest BCUT2D eigenvalue weighted by Gasteiger charge is -2.38. The Labute approximate surface area is 183 Å². The molecule has 1 N–H and O–H groups in total. The van der Waals surface area contributed by atoms with Gasteiger partial charge in [0.1, 0.15) is 0 Å². The van der Waals surface area contributed by atoms with Gasteiger partial charge in [-0.05, 0) is 12.1 Å². The molecule has 7 nitrogen and oxygen atoms in total. The summed E-state index contributed by atoms with van der Waals surface area (Å²) in [6, 6.07) is 1.76. The van der Waals surface area contributed by atoms with E-state index in [2.05, 4.69) is 4.74 Å². The number of anilines is 1. The summed E-state index contributed by atoms with van der Waals surface area (Å²) in [5, 5.41) is 11.3. The third kappa shape index (κ3) is 5.92. The smallest absolute Gasteiger partial charge is 0.321 e. The SMILES string of the molecule is C=C(F)C(F)(F)OC(F)(C(F)(F)F)C(F)(F)OC(F)(C(=O)Nc1ccc([N+](=O)[O-])cc1)C(F)(F)F. The molecule has 0 fully saturated rings. The van der Waals surface area contributed by atoms with Crippen molar-refractivity contribution < 1.29 is 76.3 Å². The van der Waals surface area contributed by atoms with E-state index in [0.29, 0.717) is 24.3 Å². The number of nitrogens with zero attached hydrogens (tertiary/aromatic N) is 1. The highest BCUT2D eigenvalue weighted by molar-refractivity contribution is 5.97. The molecule has 35 heavy (non-hydrogen) atoms. The summed E-state index contributed by atoms with van der Waals surface area (Å²) in [5.41, 5.74) is -1.77. The number of non-ortho nitro benzene ring substituents is 1. The summed E-state index contributed by atoms with van der Waals surface area (Å²) in [7, 11) is 0. The topological polar surface area (TPSA) is 90.7 Å². The van der Waals surface area contributed by atoms with Crippen LogP contribution in [0.5, 0.6) is 0 Å². The molecule has 0 spiro atoms. The molecule has 0 aliphatic carbocycles. The van der Waals surface area contributed by atoms with Crippen molar-refractivity contribution in [3.05, 3.63) is 46.8 Å². The van der Waals surface area contributed by atoms with Crippen LogP contribution in [0.25, 0.3) is 0 Å². The molecule has 0 saturated heterocycles. The van der Waals surface area contributed by atoms with Crippen LogP contribution >= 0.6 is 0 Å². The number of hydrogen-bond donors (Lipinski definition) is 1. The third-order valence-electron chi connectivity index (χ3n) is 3.59. The summed E-state index contributed by atoms with van der Waals surface area (Å²) in [6.45, 7) is 1.66. The fourth-order valence-corrected chi connectivity index (χ4v) is 1.87. The first-order chi connectivity index (χ1) is 15.4. The number of hydrogen-bond acceptors (Lipinski definition) is 5. The largest absolute Gasteiger partial charge is 0.458 e. The van der Waals surface area contributed by atoms with Crippen molar-refractivity contribution in [2.45, 2.75) is 36.3 Å². The van der Waals surface area contributed by atoms with Gasteiger partial charge in [-0.25, -0.2) is 4.39 Å². The zero-order valence-corrected chi connectivity index (χ0v) is 15.9. The highest BCUT2D eigenvalue weighted by Gasteiger charge is 2.81. The van der Waals surface area contributed by atoms with Gasteiger partial charge < -0.3 is 5.32 Å². The Morgan fingerprint density at radius 1 is 0.857 bits per heavy atom. The van der Waals surface area contributed by atoms with Crippen LogP contribution in [0.3, 0.4) is 0 Å².